The molecule has 5 heteroatoms. The number of nitrogens with zero attached hydrogens (tertiary/aromatic N) is 3. The number of amides is 1. The first-order valence-corrected chi connectivity index (χ1v) is 11.5. The topological polar surface area (TPSA) is 36.4 Å². The predicted octanol–water partition coefficient (Wildman–Crippen LogP) is 6.34. The zero-order chi connectivity index (χ0) is 23.3. The van der Waals surface area contributed by atoms with Gasteiger partial charge >= 0.3 is 0 Å². The van der Waals surface area contributed by atoms with Crippen molar-refractivity contribution in [3.63, 3.8) is 0 Å². The first-order valence-electron chi connectivity index (χ1n) is 11.5. The molecule has 2 heterocycles. The second kappa shape index (κ2) is 9.98. The van der Waals surface area contributed by atoms with Crippen LogP contribution >= 0.6 is 0 Å². The molecule has 34 heavy (non-hydrogen) atoms. The molecule has 3 aromatic carbocycles. The van der Waals surface area contributed by atoms with Crippen LogP contribution in [0.5, 0.6) is 0 Å². The van der Waals surface area contributed by atoms with E-state index in [1.165, 1.54) is 23.3 Å². The lowest BCUT2D eigenvalue weighted by Crippen LogP contribution is -2.42. The van der Waals surface area contributed by atoms with E-state index >= 15 is 0 Å². The molecule has 2 atom stereocenters. The molecule has 0 unspecified atom stereocenters. The third-order valence-corrected chi connectivity index (χ3v) is 6.41. The number of hydrogen-bond acceptors (Lipinski definition) is 3. The van der Waals surface area contributed by atoms with Crippen molar-refractivity contribution >= 4 is 6.41 Å². The van der Waals surface area contributed by atoms with Gasteiger partial charge in [-0.25, -0.2) is 9.40 Å². The van der Waals surface area contributed by atoms with E-state index in [2.05, 4.69) is 29.3 Å². The van der Waals surface area contributed by atoms with E-state index in [0.717, 1.165) is 36.2 Å². The normalized spacial score (nSPS) is 18.0. The highest BCUT2D eigenvalue weighted by Crippen LogP contribution is 2.45. The fourth-order valence-corrected chi connectivity index (χ4v) is 4.83. The number of pyridine rings is 1. The number of carbonyl (C=O) groups is 1. The number of halogens is 1. The van der Waals surface area contributed by atoms with E-state index in [1.54, 1.807) is 17.1 Å². The number of aromatic nitrogens is 1. The summed E-state index contributed by atoms with van der Waals surface area (Å²) in [7, 11) is 0. The second-order valence-corrected chi connectivity index (χ2v) is 8.53. The van der Waals surface area contributed by atoms with Crippen LogP contribution in [0.2, 0.25) is 0 Å². The molecule has 0 spiro atoms. The summed E-state index contributed by atoms with van der Waals surface area (Å²) in [6.07, 6.45) is 2.82. The highest BCUT2D eigenvalue weighted by molar-refractivity contribution is 5.59. The average Bonchev–Trinajstić information content (AvgIpc) is 3.34. The van der Waals surface area contributed by atoms with Crippen LogP contribution in [0.15, 0.2) is 103 Å². The number of benzene rings is 3. The lowest BCUT2D eigenvalue weighted by Gasteiger charge is -2.38. The summed E-state index contributed by atoms with van der Waals surface area (Å²) in [5.74, 6) is -0.278. The van der Waals surface area contributed by atoms with Gasteiger partial charge < -0.3 is 0 Å². The Morgan fingerprint density at radius 2 is 1.38 bits per heavy atom. The van der Waals surface area contributed by atoms with Crippen molar-refractivity contribution < 1.29 is 9.18 Å². The van der Waals surface area contributed by atoms with Gasteiger partial charge in [0, 0.05) is 5.56 Å². The molecule has 1 saturated heterocycles. The lowest BCUT2D eigenvalue weighted by atomic mass is 10.0. The van der Waals surface area contributed by atoms with Gasteiger partial charge in [0.05, 0.1) is 30.0 Å². The van der Waals surface area contributed by atoms with Crippen molar-refractivity contribution in [2.75, 3.05) is 0 Å². The lowest BCUT2D eigenvalue weighted by molar-refractivity contribution is -0.143. The highest BCUT2D eigenvalue weighted by Gasteiger charge is 2.38. The molecule has 0 aliphatic carbocycles. The minimum Gasteiger partial charge on any atom is -0.277 e. The molecule has 5 rings (SSSR count). The second-order valence-electron chi connectivity index (χ2n) is 8.53. The van der Waals surface area contributed by atoms with Crippen LogP contribution in [-0.4, -0.2) is 21.4 Å². The molecule has 4 nitrogen and oxygen atoms in total. The van der Waals surface area contributed by atoms with Gasteiger partial charge in [0.15, 0.2) is 0 Å². The fraction of sp³-hybridized carbons (Fsp3) is 0.172. The number of hydrogen-bond donors (Lipinski definition) is 0. The van der Waals surface area contributed by atoms with Gasteiger partial charge in [0.2, 0.25) is 6.41 Å². The maximum atomic E-state index is 13.4. The Bertz CT molecular complexity index is 1180. The van der Waals surface area contributed by atoms with Gasteiger partial charge in [-0.05, 0) is 60.4 Å². The third kappa shape index (κ3) is 4.61. The van der Waals surface area contributed by atoms with Crippen molar-refractivity contribution in [1.29, 1.82) is 0 Å². The van der Waals surface area contributed by atoms with Gasteiger partial charge in [0.1, 0.15) is 5.82 Å². The standard InChI is InChI=1S/C29H26FN3O/c30-25-16-14-22(15-17-25)27-13-7-12-26(31-27)20-32(21-34)33-28(23-8-3-1-4-9-23)18-19-29(33)24-10-5-2-6-11-24/h1-17,21,28-29H,18-20H2/t28-,29-/m0/s1. The quantitative estimate of drug-likeness (QED) is 0.308. The summed E-state index contributed by atoms with van der Waals surface area (Å²) in [5, 5.41) is 3.98. The van der Waals surface area contributed by atoms with Crippen molar-refractivity contribution in [2.24, 2.45) is 0 Å². The molecule has 1 fully saturated rings. The molecule has 0 N–H and O–H groups in total. The van der Waals surface area contributed by atoms with Gasteiger partial charge in [-0.1, -0.05) is 66.7 Å². The smallest absolute Gasteiger partial charge is 0.224 e. The molecule has 1 aromatic heterocycles. The first-order chi connectivity index (χ1) is 16.7. The minimum absolute atomic E-state index is 0.0943. The number of carbonyl (C=O) groups excluding carboxylic acids is 1. The minimum atomic E-state index is -0.278. The molecule has 1 amide bonds. The van der Waals surface area contributed by atoms with Crippen molar-refractivity contribution in [1.82, 2.24) is 15.0 Å². The van der Waals surface area contributed by atoms with Crippen molar-refractivity contribution in [2.45, 2.75) is 31.5 Å². The van der Waals surface area contributed by atoms with E-state index in [-0.39, 0.29) is 17.9 Å². The summed E-state index contributed by atoms with van der Waals surface area (Å²) >= 11 is 0. The average molecular weight is 452 g/mol. The molecule has 4 aromatic rings. The molecule has 0 saturated carbocycles. The van der Waals surface area contributed by atoms with E-state index in [4.69, 9.17) is 4.98 Å². The predicted molar refractivity (Wildman–Crippen MR) is 131 cm³/mol. The Labute approximate surface area is 199 Å². The van der Waals surface area contributed by atoms with E-state index in [0.29, 0.717) is 6.54 Å². The van der Waals surface area contributed by atoms with Gasteiger partial charge in [-0.15, -0.1) is 0 Å². The van der Waals surface area contributed by atoms with Crippen LogP contribution in [0.25, 0.3) is 11.3 Å². The molecular formula is C29H26FN3O. The zero-order valence-electron chi connectivity index (χ0n) is 18.8. The molecule has 0 radical (unpaired) electrons. The Morgan fingerprint density at radius 3 is 1.94 bits per heavy atom. The third-order valence-electron chi connectivity index (χ3n) is 6.41. The van der Waals surface area contributed by atoms with Gasteiger partial charge in [-0.3, -0.25) is 14.8 Å². The van der Waals surface area contributed by atoms with Crippen LogP contribution in [0.1, 0.15) is 41.7 Å². The maximum absolute atomic E-state index is 13.4. The maximum Gasteiger partial charge on any atom is 0.224 e. The summed E-state index contributed by atoms with van der Waals surface area (Å²) in [4.78, 5) is 17.2. The molecule has 0 bridgehead atoms. The van der Waals surface area contributed by atoms with E-state index in [9.17, 15) is 9.18 Å². The van der Waals surface area contributed by atoms with E-state index in [1.807, 2.05) is 54.6 Å². The molecule has 1 aliphatic heterocycles. The Balaban J connectivity index is 1.47. The monoisotopic (exact) mass is 451 g/mol. The molecular weight excluding hydrogens is 425 g/mol. The highest BCUT2D eigenvalue weighted by atomic mass is 19.1. The fourth-order valence-electron chi connectivity index (χ4n) is 4.83. The Kier molecular flexibility index (Phi) is 6.45. The molecule has 1 aliphatic rings. The van der Waals surface area contributed by atoms with Crippen LogP contribution in [0, 0.1) is 5.82 Å². The molecule has 170 valence electrons. The Hall–Kier alpha value is -3.83. The Morgan fingerprint density at radius 1 is 0.794 bits per heavy atom. The van der Waals surface area contributed by atoms with Crippen LogP contribution in [-0.2, 0) is 11.3 Å². The largest absolute Gasteiger partial charge is 0.277 e. The summed E-state index contributed by atoms with van der Waals surface area (Å²) in [5.41, 5.74) is 4.76. The first kappa shape index (κ1) is 22.0. The summed E-state index contributed by atoms with van der Waals surface area (Å²) < 4.78 is 13.4. The van der Waals surface area contributed by atoms with Crippen LogP contribution in [0.3, 0.4) is 0 Å². The van der Waals surface area contributed by atoms with E-state index < -0.39 is 0 Å². The SMILES string of the molecule is O=CN(Cc1cccc(-c2ccc(F)cc2)n1)N1[C@H](c2ccccc2)CC[C@H]1c1ccccc1. The number of hydrazine groups is 1. The van der Waals surface area contributed by atoms with Gasteiger partial charge in [0.25, 0.3) is 0 Å². The summed E-state index contributed by atoms with van der Waals surface area (Å²) in [6, 6.07) is 33.0. The van der Waals surface area contributed by atoms with Gasteiger partial charge in [-0.2, -0.15) is 0 Å². The summed E-state index contributed by atoms with van der Waals surface area (Å²) in [6.45, 7) is 0.352. The number of rotatable bonds is 7. The van der Waals surface area contributed by atoms with Crippen molar-refractivity contribution in [3.05, 3.63) is 126 Å². The van der Waals surface area contributed by atoms with Crippen LogP contribution in [0.4, 0.5) is 4.39 Å². The zero-order valence-corrected chi connectivity index (χ0v) is 18.8. The van der Waals surface area contributed by atoms with Crippen LogP contribution < -0.4 is 0 Å². The van der Waals surface area contributed by atoms with Crippen molar-refractivity contribution in [3.8, 4) is 11.3 Å².